The van der Waals surface area contributed by atoms with Crippen LogP contribution < -0.4 is 0 Å². The fourth-order valence-corrected chi connectivity index (χ4v) is 1.24. The number of carbonyl (C=O) groups is 3. The van der Waals surface area contributed by atoms with Gasteiger partial charge < -0.3 is 19.5 Å². The number of rotatable bonds is 9. The van der Waals surface area contributed by atoms with Gasteiger partial charge in [0, 0.05) is 18.8 Å². The lowest BCUT2D eigenvalue weighted by Gasteiger charge is -2.15. The van der Waals surface area contributed by atoms with Crippen molar-refractivity contribution >= 4 is 18.9 Å². The summed E-state index contributed by atoms with van der Waals surface area (Å²) < 4.78 is 0. The van der Waals surface area contributed by atoms with Gasteiger partial charge >= 0.3 is 0 Å². The highest BCUT2D eigenvalue weighted by Gasteiger charge is 2.17. The molecule has 0 aromatic carbocycles. The minimum atomic E-state index is -0.729. The van der Waals surface area contributed by atoms with Crippen molar-refractivity contribution in [3.63, 3.8) is 0 Å². The Balaban J connectivity index is 3.77. The van der Waals surface area contributed by atoms with Crippen LogP contribution in [0.5, 0.6) is 0 Å². The molecule has 2 atom stereocenters. The molecule has 0 spiro atoms. The Morgan fingerprint density at radius 2 is 1.64 bits per heavy atom. The van der Waals surface area contributed by atoms with Crippen molar-refractivity contribution < 1.29 is 19.5 Å². The number of aliphatic hydroxyl groups is 1. The van der Waals surface area contributed by atoms with Crippen LogP contribution in [0.3, 0.4) is 0 Å². The maximum Gasteiger partial charge on any atom is 0.125 e. The summed E-state index contributed by atoms with van der Waals surface area (Å²) in [6, 6.07) is 0. The molecule has 0 aliphatic rings. The minimum Gasteiger partial charge on any atom is -0.392 e. The average Bonchev–Trinajstić information content (AvgIpc) is 2.19. The summed E-state index contributed by atoms with van der Waals surface area (Å²) in [6.45, 7) is 0. The quantitative estimate of drug-likeness (QED) is 0.435. The van der Waals surface area contributed by atoms with E-state index in [1.54, 1.807) is 0 Å². The molecule has 0 amide bonds. The summed E-state index contributed by atoms with van der Waals surface area (Å²) in [5, 5.41) is 9.50. The Morgan fingerprint density at radius 3 is 2.14 bits per heavy atom. The van der Waals surface area contributed by atoms with Crippen molar-refractivity contribution in [3.8, 4) is 0 Å². The zero-order valence-electron chi connectivity index (χ0n) is 8.09. The zero-order valence-corrected chi connectivity index (χ0v) is 8.09. The van der Waals surface area contributed by atoms with E-state index in [1.807, 2.05) is 0 Å². The maximum absolute atomic E-state index is 10.5. The molecule has 0 radical (unpaired) electrons. The van der Waals surface area contributed by atoms with Gasteiger partial charge in [-0.05, 0) is 19.3 Å². The molecule has 0 aromatic rings. The van der Waals surface area contributed by atoms with Crippen molar-refractivity contribution in [2.24, 2.45) is 5.92 Å². The van der Waals surface area contributed by atoms with E-state index in [-0.39, 0.29) is 6.42 Å². The molecule has 0 rings (SSSR count). The fraction of sp³-hybridized carbons (Fsp3) is 0.700. The van der Waals surface area contributed by atoms with E-state index in [9.17, 15) is 19.5 Å². The number of unbranched alkanes of at least 4 members (excludes halogenated alkanes) is 1. The molecule has 0 saturated heterocycles. The van der Waals surface area contributed by atoms with Gasteiger partial charge in [-0.2, -0.15) is 0 Å². The Morgan fingerprint density at radius 1 is 1.00 bits per heavy atom. The third-order valence-corrected chi connectivity index (χ3v) is 2.11. The largest absolute Gasteiger partial charge is 0.392 e. The number of hydrogen-bond acceptors (Lipinski definition) is 4. The smallest absolute Gasteiger partial charge is 0.125 e. The fourth-order valence-electron chi connectivity index (χ4n) is 1.24. The summed E-state index contributed by atoms with van der Waals surface area (Å²) in [5.41, 5.74) is 0. The lowest BCUT2D eigenvalue weighted by Crippen LogP contribution is -2.21. The first-order chi connectivity index (χ1) is 6.76. The van der Waals surface area contributed by atoms with Gasteiger partial charge in [-0.25, -0.2) is 0 Å². The van der Waals surface area contributed by atoms with Crippen LogP contribution in [-0.2, 0) is 14.4 Å². The van der Waals surface area contributed by atoms with E-state index < -0.39 is 12.0 Å². The SMILES string of the molecule is O=CCCCC(O)C(C=O)CCC=O. The van der Waals surface area contributed by atoms with E-state index in [4.69, 9.17) is 0 Å². The van der Waals surface area contributed by atoms with E-state index in [0.717, 1.165) is 12.6 Å². The predicted octanol–water partition coefficient (Wildman–Crippen LogP) is 0.511. The molecule has 80 valence electrons. The summed E-state index contributed by atoms with van der Waals surface area (Å²) in [7, 11) is 0. The lowest BCUT2D eigenvalue weighted by atomic mass is 9.95. The van der Waals surface area contributed by atoms with Crippen molar-refractivity contribution in [2.45, 2.75) is 38.2 Å². The molecule has 2 unspecified atom stereocenters. The van der Waals surface area contributed by atoms with E-state index >= 15 is 0 Å². The second kappa shape index (κ2) is 8.56. The van der Waals surface area contributed by atoms with Gasteiger partial charge in [0.25, 0.3) is 0 Å². The zero-order chi connectivity index (χ0) is 10.8. The molecule has 4 nitrogen and oxygen atoms in total. The van der Waals surface area contributed by atoms with Crippen LogP contribution in [0.2, 0.25) is 0 Å². The van der Waals surface area contributed by atoms with Crippen LogP contribution in [0.15, 0.2) is 0 Å². The Kier molecular flexibility index (Phi) is 7.93. The van der Waals surface area contributed by atoms with Crippen molar-refractivity contribution in [2.75, 3.05) is 0 Å². The van der Waals surface area contributed by atoms with E-state index in [0.29, 0.717) is 32.0 Å². The Labute approximate surface area is 83.3 Å². The van der Waals surface area contributed by atoms with Crippen LogP contribution in [0.1, 0.15) is 32.1 Å². The monoisotopic (exact) mass is 200 g/mol. The summed E-state index contributed by atoms with van der Waals surface area (Å²) in [4.78, 5) is 30.6. The van der Waals surface area contributed by atoms with Crippen molar-refractivity contribution in [1.29, 1.82) is 0 Å². The second-order valence-electron chi connectivity index (χ2n) is 3.21. The van der Waals surface area contributed by atoms with Gasteiger partial charge in [-0.15, -0.1) is 0 Å². The molecule has 0 saturated carbocycles. The van der Waals surface area contributed by atoms with Crippen LogP contribution >= 0.6 is 0 Å². The van der Waals surface area contributed by atoms with Gasteiger partial charge in [-0.1, -0.05) is 0 Å². The summed E-state index contributed by atoms with van der Waals surface area (Å²) >= 11 is 0. The lowest BCUT2D eigenvalue weighted by molar-refractivity contribution is -0.115. The number of aliphatic hydroxyl groups excluding tert-OH is 1. The third-order valence-electron chi connectivity index (χ3n) is 2.11. The molecular formula is C10H16O4. The Hall–Kier alpha value is -1.03. The molecular weight excluding hydrogens is 184 g/mol. The van der Waals surface area contributed by atoms with Crippen LogP contribution in [-0.4, -0.2) is 30.1 Å². The van der Waals surface area contributed by atoms with Crippen molar-refractivity contribution in [3.05, 3.63) is 0 Å². The molecule has 0 aromatic heterocycles. The highest BCUT2D eigenvalue weighted by molar-refractivity contribution is 5.56. The van der Waals surface area contributed by atoms with E-state index in [2.05, 4.69) is 0 Å². The highest BCUT2D eigenvalue weighted by Crippen LogP contribution is 2.13. The third kappa shape index (κ3) is 5.59. The molecule has 0 aliphatic heterocycles. The predicted molar refractivity (Wildman–Crippen MR) is 50.8 cm³/mol. The molecule has 0 bridgehead atoms. The first kappa shape index (κ1) is 13.0. The maximum atomic E-state index is 10.5. The molecule has 0 heterocycles. The van der Waals surface area contributed by atoms with Gasteiger partial charge in [0.05, 0.1) is 6.10 Å². The molecule has 0 aliphatic carbocycles. The first-order valence-electron chi connectivity index (χ1n) is 4.76. The molecule has 14 heavy (non-hydrogen) atoms. The molecule has 1 N–H and O–H groups in total. The van der Waals surface area contributed by atoms with Gasteiger partial charge in [-0.3, -0.25) is 0 Å². The Bertz CT molecular complexity index is 179. The minimum absolute atomic E-state index is 0.286. The van der Waals surface area contributed by atoms with Gasteiger partial charge in [0.2, 0.25) is 0 Å². The van der Waals surface area contributed by atoms with Gasteiger partial charge in [0.1, 0.15) is 18.9 Å². The van der Waals surface area contributed by atoms with Gasteiger partial charge in [0.15, 0.2) is 0 Å². The van der Waals surface area contributed by atoms with E-state index in [1.165, 1.54) is 0 Å². The first-order valence-corrected chi connectivity index (χ1v) is 4.76. The molecule has 0 fully saturated rings. The molecule has 4 heteroatoms. The summed E-state index contributed by atoms with van der Waals surface area (Å²) in [5.74, 6) is -0.480. The standard InChI is InChI=1S/C10H16O4/c11-6-2-1-5-10(14)9(8-13)4-3-7-12/h6-10,14H,1-5H2. The summed E-state index contributed by atoms with van der Waals surface area (Å²) in [6.07, 6.45) is 3.54. The normalized spacial score (nSPS) is 14.4. The van der Waals surface area contributed by atoms with Crippen molar-refractivity contribution in [1.82, 2.24) is 0 Å². The average molecular weight is 200 g/mol. The topological polar surface area (TPSA) is 71.4 Å². The highest BCUT2D eigenvalue weighted by atomic mass is 16.3. The van der Waals surface area contributed by atoms with Crippen LogP contribution in [0, 0.1) is 5.92 Å². The number of carbonyl (C=O) groups excluding carboxylic acids is 3. The number of hydrogen-bond donors (Lipinski definition) is 1. The van der Waals surface area contributed by atoms with Crippen LogP contribution in [0.4, 0.5) is 0 Å². The second-order valence-corrected chi connectivity index (χ2v) is 3.21. The van der Waals surface area contributed by atoms with Crippen LogP contribution in [0.25, 0.3) is 0 Å². The number of aldehydes is 3.